The molecule has 1 aliphatic carbocycles. The van der Waals surface area contributed by atoms with Crippen LogP contribution in [0.4, 0.5) is 0 Å². The van der Waals surface area contributed by atoms with Gasteiger partial charge in [-0.3, -0.25) is 0 Å². The van der Waals surface area contributed by atoms with Crippen molar-refractivity contribution in [1.29, 1.82) is 0 Å². The second-order valence-electron chi connectivity index (χ2n) is 8.48. The van der Waals surface area contributed by atoms with E-state index in [9.17, 15) is 0 Å². The van der Waals surface area contributed by atoms with E-state index in [-0.39, 0.29) is 30.2 Å². The zero-order valence-electron chi connectivity index (χ0n) is 17.2. The van der Waals surface area contributed by atoms with Gasteiger partial charge in [-0.1, -0.05) is 0 Å². The largest absolute Gasteiger partial charge is 1.00 e. The van der Waals surface area contributed by atoms with Gasteiger partial charge in [0.05, 0.1) is 0 Å². The van der Waals surface area contributed by atoms with Crippen LogP contribution in [0.2, 0.25) is 0 Å². The molecule has 2 aromatic rings. The summed E-state index contributed by atoms with van der Waals surface area (Å²) in [4.78, 5) is 0. The molecule has 0 bridgehead atoms. The van der Waals surface area contributed by atoms with Crippen molar-refractivity contribution in [2.45, 2.75) is 57.5 Å². The van der Waals surface area contributed by atoms with Crippen LogP contribution in [0, 0.1) is 5.41 Å². The van der Waals surface area contributed by atoms with Crippen LogP contribution in [0.15, 0.2) is 42.0 Å². The minimum atomic E-state index is 0. The number of rotatable bonds is 3. The van der Waals surface area contributed by atoms with Gasteiger partial charge in [0.1, 0.15) is 0 Å². The molecule has 0 spiro atoms. The Morgan fingerprint density at radius 2 is 1.63 bits per heavy atom. The summed E-state index contributed by atoms with van der Waals surface area (Å²) in [7, 11) is 0. The standard InChI is InChI=1S/C24H29.2ClH.Zr/c1-7-17-12-13-18-14-19(24(4,5)6)15-22(18)23(17)21-11-9-8-10-20(21)16(2)3;;;/h8-16H,7H2,1-6H3;2*1H;/q;;;+2/p-2. The summed E-state index contributed by atoms with van der Waals surface area (Å²) in [5.41, 5.74) is 10.7. The SMILES string of the molecule is CCc1ccc2c(c1-c1ccccc1C(C)C)C=C(C(C)(C)C)[CH]2[Zr+2].[Cl-].[Cl-]. The number of benzene rings is 2. The maximum atomic E-state index is 2.51. The average molecular weight is 480 g/mol. The molecule has 1 aliphatic rings. The van der Waals surface area contributed by atoms with Crippen molar-refractivity contribution >= 4 is 6.08 Å². The second-order valence-corrected chi connectivity index (χ2v) is 9.90. The summed E-state index contributed by atoms with van der Waals surface area (Å²) in [6.07, 6.45) is 3.59. The Labute approximate surface area is 192 Å². The van der Waals surface area contributed by atoms with E-state index in [2.05, 4.69) is 84.0 Å². The zero-order valence-corrected chi connectivity index (χ0v) is 21.1. The molecule has 0 amide bonds. The minimum absolute atomic E-state index is 0. The Morgan fingerprint density at radius 1 is 1.00 bits per heavy atom. The summed E-state index contributed by atoms with van der Waals surface area (Å²) in [6.45, 7) is 13.9. The van der Waals surface area contributed by atoms with Gasteiger partial charge < -0.3 is 24.8 Å². The van der Waals surface area contributed by atoms with Crippen LogP contribution in [0.25, 0.3) is 17.2 Å². The van der Waals surface area contributed by atoms with Gasteiger partial charge >= 0.3 is 169 Å². The maximum absolute atomic E-state index is 2.51. The average Bonchev–Trinajstić information content (AvgIpc) is 2.91. The fourth-order valence-electron chi connectivity index (χ4n) is 3.98. The normalized spacial score (nSPS) is 15.7. The van der Waals surface area contributed by atoms with Gasteiger partial charge in [0, 0.05) is 0 Å². The van der Waals surface area contributed by atoms with Crippen LogP contribution in [0.1, 0.15) is 73.3 Å². The van der Waals surface area contributed by atoms with Gasteiger partial charge in [-0.15, -0.1) is 0 Å². The Morgan fingerprint density at radius 3 is 2.19 bits per heavy atom. The van der Waals surface area contributed by atoms with Crippen molar-refractivity contribution in [1.82, 2.24) is 0 Å². The molecule has 0 aromatic heterocycles. The molecule has 0 heterocycles. The number of fused-ring (bicyclic) bond motifs is 1. The van der Waals surface area contributed by atoms with Crippen LogP contribution >= 0.6 is 0 Å². The van der Waals surface area contributed by atoms with Crippen LogP contribution in [0.3, 0.4) is 0 Å². The van der Waals surface area contributed by atoms with E-state index < -0.39 is 0 Å². The van der Waals surface area contributed by atoms with Gasteiger partial charge in [0.25, 0.3) is 0 Å². The molecule has 1 atom stereocenters. The zero-order chi connectivity index (χ0) is 18.4. The van der Waals surface area contributed by atoms with E-state index in [0.717, 1.165) is 6.42 Å². The van der Waals surface area contributed by atoms with Crippen LogP contribution < -0.4 is 24.8 Å². The molecular formula is C24H29Cl2Zr. The molecule has 0 nitrogen and oxygen atoms in total. The van der Waals surface area contributed by atoms with Crippen molar-refractivity contribution < 1.29 is 49.5 Å². The molecular weight excluding hydrogens is 450 g/mol. The summed E-state index contributed by atoms with van der Waals surface area (Å²) in [5.74, 6) is 0.535. The molecule has 0 aliphatic heterocycles. The van der Waals surface area contributed by atoms with Crippen LogP contribution in [0.5, 0.6) is 0 Å². The van der Waals surface area contributed by atoms with Crippen molar-refractivity contribution in [2.24, 2.45) is 5.41 Å². The van der Waals surface area contributed by atoms with Gasteiger partial charge in [-0.05, 0) is 0 Å². The van der Waals surface area contributed by atoms with Crippen molar-refractivity contribution in [2.75, 3.05) is 0 Å². The molecule has 143 valence electrons. The molecule has 27 heavy (non-hydrogen) atoms. The number of aryl methyl sites for hydroxylation is 1. The van der Waals surface area contributed by atoms with Crippen molar-refractivity contribution in [3.8, 4) is 11.1 Å². The van der Waals surface area contributed by atoms with Gasteiger partial charge in [0.15, 0.2) is 0 Å². The van der Waals surface area contributed by atoms with Gasteiger partial charge in [0.2, 0.25) is 0 Å². The summed E-state index contributed by atoms with van der Waals surface area (Å²) >= 11 is 1.60. The summed E-state index contributed by atoms with van der Waals surface area (Å²) < 4.78 is 0.595. The van der Waals surface area contributed by atoms with Crippen molar-refractivity contribution in [3.05, 3.63) is 64.2 Å². The number of allylic oxidation sites excluding steroid dienone is 1. The van der Waals surface area contributed by atoms with E-state index in [1.165, 1.54) is 33.4 Å². The molecule has 0 saturated heterocycles. The molecule has 3 heteroatoms. The van der Waals surface area contributed by atoms with Gasteiger partial charge in [-0.25, -0.2) is 0 Å². The van der Waals surface area contributed by atoms with E-state index in [4.69, 9.17) is 0 Å². The summed E-state index contributed by atoms with van der Waals surface area (Å²) in [5, 5.41) is 0. The molecule has 2 aromatic carbocycles. The summed E-state index contributed by atoms with van der Waals surface area (Å²) in [6, 6.07) is 13.8. The third kappa shape index (κ3) is 4.63. The molecule has 0 saturated carbocycles. The van der Waals surface area contributed by atoms with Crippen LogP contribution in [-0.2, 0) is 31.1 Å². The van der Waals surface area contributed by atoms with Crippen molar-refractivity contribution in [3.63, 3.8) is 0 Å². The minimum Gasteiger partial charge on any atom is -1.00 e. The second kappa shape index (κ2) is 9.43. The Balaban J connectivity index is 0.00000182. The third-order valence-corrected chi connectivity index (χ3v) is 6.92. The fourth-order valence-corrected chi connectivity index (χ4v) is 5.87. The predicted molar refractivity (Wildman–Crippen MR) is 106 cm³/mol. The monoisotopic (exact) mass is 477 g/mol. The topological polar surface area (TPSA) is 0 Å². The Hall–Kier alpha value is -0.357. The molecule has 3 rings (SSSR count). The molecule has 0 fully saturated rings. The van der Waals surface area contributed by atoms with Crippen LogP contribution in [-0.4, -0.2) is 0 Å². The molecule has 1 unspecified atom stereocenters. The fraction of sp³-hybridized carbons (Fsp3) is 0.417. The van der Waals surface area contributed by atoms with E-state index in [0.29, 0.717) is 9.54 Å². The Kier molecular flexibility index (Phi) is 8.62. The predicted octanol–water partition coefficient (Wildman–Crippen LogP) is 1.08. The first kappa shape index (κ1) is 24.7. The first-order valence-corrected chi connectivity index (χ1v) is 10.9. The smallest absolute Gasteiger partial charge is 1.00 e. The first-order chi connectivity index (χ1) is 11.8. The first-order valence-electron chi connectivity index (χ1n) is 9.44. The molecule has 0 N–H and O–H groups in total. The van der Waals surface area contributed by atoms with Gasteiger partial charge in [-0.2, -0.15) is 0 Å². The van der Waals surface area contributed by atoms with E-state index in [1.807, 2.05) is 0 Å². The maximum Gasteiger partial charge on any atom is -1.00 e. The number of hydrogen-bond acceptors (Lipinski definition) is 0. The quantitative estimate of drug-likeness (QED) is 0.618. The molecule has 0 radical (unpaired) electrons. The van der Waals surface area contributed by atoms with E-state index >= 15 is 0 Å². The Bertz CT molecular complexity index is 829. The number of hydrogen-bond donors (Lipinski definition) is 0. The van der Waals surface area contributed by atoms with E-state index in [1.54, 1.807) is 30.3 Å². The third-order valence-electron chi connectivity index (χ3n) is 5.39. The number of halogens is 2.